The summed E-state index contributed by atoms with van der Waals surface area (Å²) in [5.74, 6) is 0.400. The molecule has 0 radical (unpaired) electrons. The average molecular weight is 274 g/mol. The Hall–Kier alpha value is -2.57. The monoisotopic (exact) mass is 274 g/mol. The summed E-state index contributed by atoms with van der Waals surface area (Å²) >= 11 is 0. The largest absolute Gasteiger partial charge is 0.507 e. The van der Waals surface area contributed by atoms with Crippen LogP contribution in [0.3, 0.4) is 0 Å². The van der Waals surface area contributed by atoms with Crippen molar-refractivity contribution in [3.8, 4) is 17.1 Å². The Balaban J connectivity index is 2.43. The Morgan fingerprint density at radius 2 is 1.65 bits per heavy atom. The molecule has 2 aromatic rings. The van der Waals surface area contributed by atoms with E-state index in [-0.39, 0.29) is 23.5 Å². The normalized spacial score (nSPS) is 10.5. The van der Waals surface area contributed by atoms with Crippen molar-refractivity contribution < 1.29 is 5.11 Å². The van der Waals surface area contributed by atoms with Crippen molar-refractivity contribution in [2.24, 2.45) is 0 Å². The molecule has 0 aliphatic rings. The van der Waals surface area contributed by atoms with Gasteiger partial charge in [0.15, 0.2) is 5.82 Å². The van der Waals surface area contributed by atoms with Gasteiger partial charge in [-0.1, -0.05) is 0 Å². The lowest BCUT2D eigenvalue weighted by Crippen LogP contribution is -2.21. The van der Waals surface area contributed by atoms with Crippen molar-refractivity contribution in [3.05, 3.63) is 18.2 Å². The number of anilines is 3. The van der Waals surface area contributed by atoms with Gasteiger partial charge in [0.05, 0.1) is 5.56 Å². The average Bonchev–Trinajstić information content (AvgIpc) is 2.39. The second-order valence-electron chi connectivity index (χ2n) is 4.25. The zero-order chi connectivity index (χ0) is 14.7. The van der Waals surface area contributed by atoms with Crippen LogP contribution in [0.5, 0.6) is 5.75 Å². The van der Waals surface area contributed by atoms with Crippen molar-refractivity contribution in [1.29, 1.82) is 0 Å². The van der Waals surface area contributed by atoms with Crippen molar-refractivity contribution in [3.63, 3.8) is 0 Å². The van der Waals surface area contributed by atoms with Crippen LogP contribution < -0.4 is 16.4 Å². The lowest BCUT2D eigenvalue weighted by Gasteiger charge is -2.21. The molecule has 2 rings (SSSR count). The highest BCUT2D eigenvalue weighted by molar-refractivity contribution is 5.69. The standard InChI is InChI=1S/C13H18N6O/c1-3-19(4-2)8-5-6-9(10(20)7-8)11-16-12(14)18-13(15)17-11/h5-7,20H,3-4H2,1-2H3,(H4,14,15,16,17,18). The summed E-state index contributed by atoms with van der Waals surface area (Å²) in [6, 6.07) is 5.33. The minimum atomic E-state index is 0.0275. The van der Waals surface area contributed by atoms with Crippen LogP contribution in [0.1, 0.15) is 13.8 Å². The number of phenolic OH excluding ortho intramolecular Hbond substituents is 1. The number of benzene rings is 1. The van der Waals surface area contributed by atoms with Gasteiger partial charge in [0.2, 0.25) is 11.9 Å². The van der Waals surface area contributed by atoms with Crippen LogP contribution in [0.2, 0.25) is 0 Å². The first kappa shape index (κ1) is 13.9. The van der Waals surface area contributed by atoms with Gasteiger partial charge in [-0.05, 0) is 26.0 Å². The van der Waals surface area contributed by atoms with E-state index in [4.69, 9.17) is 11.5 Å². The van der Waals surface area contributed by atoms with E-state index in [0.717, 1.165) is 18.8 Å². The fourth-order valence-electron chi connectivity index (χ4n) is 2.02. The minimum absolute atomic E-state index is 0.0275. The van der Waals surface area contributed by atoms with Crippen LogP contribution >= 0.6 is 0 Å². The third kappa shape index (κ3) is 2.71. The molecule has 20 heavy (non-hydrogen) atoms. The molecule has 0 spiro atoms. The molecule has 7 nitrogen and oxygen atoms in total. The number of aromatic hydroxyl groups is 1. The maximum atomic E-state index is 10.2. The lowest BCUT2D eigenvalue weighted by atomic mass is 10.1. The molecule has 0 atom stereocenters. The van der Waals surface area contributed by atoms with E-state index in [1.807, 2.05) is 6.07 Å². The van der Waals surface area contributed by atoms with Gasteiger partial charge < -0.3 is 21.5 Å². The molecule has 0 fully saturated rings. The van der Waals surface area contributed by atoms with Gasteiger partial charge in [-0.3, -0.25) is 0 Å². The summed E-state index contributed by atoms with van der Waals surface area (Å²) < 4.78 is 0. The molecule has 1 heterocycles. The van der Waals surface area contributed by atoms with Gasteiger partial charge in [-0.2, -0.15) is 15.0 Å². The SMILES string of the molecule is CCN(CC)c1ccc(-c2nc(N)nc(N)n2)c(O)c1. The molecule has 5 N–H and O–H groups in total. The molecular weight excluding hydrogens is 256 g/mol. The third-order valence-electron chi connectivity index (χ3n) is 3.02. The summed E-state index contributed by atoms with van der Waals surface area (Å²) in [6.07, 6.45) is 0. The predicted octanol–water partition coefficient (Wildman–Crippen LogP) is 1.25. The van der Waals surface area contributed by atoms with Gasteiger partial charge in [0.25, 0.3) is 0 Å². The Bertz CT molecular complexity index is 592. The number of hydrogen-bond donors (Lipinski definition) is 3. The summed E-state index contributed by atoms with van der Waals surface area (Å²) in [6.45, 7) is 5.84. The first-order chi connectivity index (χ1) is 9.55. The van der Waals surface area contributed by atoms with Crippen molar-refractivity contribution in [2.75, 3.05) is 29.5 Å². The Morgan fingerprint density at radius 1 is 1.05 bits per heavy atom. The molecule has 0 aliphatic carbocycles. The molecule has 0 unspecified atom stereocenters. The summed E-state index contributed by atoms with van der Waals surface area (Å²) in [5, 5.41) is 10.2. The summed E-state index contributed by atoms with van der Waals surface area (Å²) in [5.41, 5.74) is 12.5. The number of nitrogens with zero attached hydrogens (tertiary/aromatic N) is 4. The van der Waals surface area contributed by atoms with E-state index in [1.54, 1.807) is 12.1 Å². The summed E-state index contributed by atoms with van der Waals surface area (Å²) in [7, 11) is 0. The van der Waals surface area contributed by atoms with Gasteiger partial charge in [-0.25, -0.2) is 0 Å². The molecule has 7 heteroatoms. The second kappa shape index (κ2) is 5.60. The highest BCUT2D eigenvalue weighted by atomic mass is 16.3. The predicted molar refractivity (Wildman–Crippen MR) is 79.3 cm³/mol. The third-order valence-corrected chi connectivity index (χ3v) is 3.02. The van der Waals surface area contributed by atoms with E-state index in [0.29, 0.717) is 5.56 Å². The molecular formula is C13H18N6O. The minimum Gasteiger partial charge on any atom is -0.507 e. The van der Waals surface area contributed by atoms with E-state index in [2.05, 4.69) is 33.7 Å². The number of nitrogen functional groups attached to an aromatic ring is 2. The smallest absolute Gasteiger partial charge is 0.225 e. The van der Waals surface area contributed by atoms with Crippen LogP contribution in [0.25, 0.3) is 11.4 Å². The van der Waals surface area contributed by atoms with Crippen molar-refractivity contribution in [2.45, 2.75) is 13.8 Å². The van der Waals surface area contributed by atoms with E-state index in [1.165, 1.54) is 0 Å². The molecule has 1 aromatic carbocycles. The maximum Gasteiger partial charge on any atom is 0.225 e. The number of aromatic nitrogens is 3. The van der Waals surface area contributed by atoms with Gasteiger partial charge in [0, 0.05) is 24.8 Å². The number of rotatable bonds is 4. The van der Waals surface area contributed by atoms with Crippen LogP contribution in [0.4, 0.5) is 17.6 Å². The van der Waals surface area contributed by atoms with Crippen LogP contribution in [0.15, 0.2) is 18.2 Å². The van der Waals surface area contributed by atoms with E-state index >= 15 is 0 Å². The molecule has 0 aliphatic heterocycles. The quantitative estimate of drug-likeness (QED) is 0.768. The zero-order valence-electron chi connectivity index (χ0n) is 11.5. The van der Waals surface area contributed by atoms with Crippen molar-refractivity contribution in [1.82, 2.24) is 15.0 Å². The van der Waals surface area contributed by atoms with Crippen LogP contribution in [0, 0.1) is 0 Å². The van der Waals surface area contributed by atoms with Gasteiger partial charge in [0.1, 0.15) is 5.75 Å². The van der Waals surface area contributed by atoms with E-state index < -0.39 is 0 Å². The highest BCUT2D eigenvalue weighted by Crippen LogP contribution is 2.31. The Morgan fingerprint density at radius 3 is 2.15 bits per heavy atom. The fourth-order valence-corrected chi connectivity index (χ4v) is 2.02. The molecule has 0 bridgehead atoms. The van der Waals surface area contributed by atoms with Crippen molar-refractivity contribution >= 4 is 17.6 Å². The van der Waals surface area contributed by atoms with Gasteiger partial charge in [-0.15, -0.1) is 0 Å². The number of nitrogens with two attached hydrogens (primary N) is 2. The lowest BCUT2D eigenvalue weighted by molar-refractivity contribution is 0.477. The fraction of sp³-hybridized carbons (Fsp3) is 0.308. The van der Waals surface area contributed by atoms with Crippen LogP contribution in [-0.2, 0) is 0 Å². The topological polar surface area (TPSA) is 114 Å². The molecule has 0 saturated heterocycles. The molecule has 0 amide bonds. The first-order valence-electron chi connectivity index (χ1n) is 6.40. The Kier molecular flexibility index (Phi) is 3.88. The van der Waals surface area contributed by atoms with Gasteiger partial charge >= 0.3 is 0 Å². The number of phenols is 1. The zero-order valence-corrected chi connectivity index (χ0v) is 11.5. The molecule has 106 valence electrons. The first-order valence-corrected chi connectivity index (χ1v) is 6.40. The second-order valence-corrected chi connectivity index (χ2v) is 4.25. The Labute approximate surface area is 117 Å². The van der Waals surface area contributed by atoms with E-state index in [9.17, 15) is 5.11 Å². The number of hydrogen-bond acceptors (Lipinski definition) is 7. The maximum absolute atomic E-state index is 10.2. The molecule has 0 saturated carbocycles. The summed E-state index contributed by atoms with van der Waals surface area (Å²) in [4.78, 5) is 13.8. The highest BCUT2D eigenvalue weighted by Gasteiger charge is 2.12. The molecule has 1 aromatic heterocycles. The van der Waals surface area contributed by atoms with Crippen LogP contribution in [-0.4, -0.2) is 33.1 Å².